The second kappa shape index (κ2) is 15.6. The third-order valence-corrected chi connectivity index (χ3v) is 11.1. The molecular weight excluding hydrogens is 769 g/mol. The Morgan fingerprint density at radius 3 is 1.80 bits per heavy atom. The number of pyridine rings is 2. The van der Waals surface area contributed by atoms with Crippen molar-refractivity contribution in [2.24, 2.45) is 0 Å². The number of likely N-dealkylation sites (tertiary alicyclic amines) is 2. The first kappa shape index (κ1) is 42.2. The van der Waals surface area contributed by atoms with Gasteiger partial charge in [0.1, 0.15) is 46.0 Å². The van der Waals surface area contributed by atoms with Crippen molar-refractivity contribution in [2.45, 2.75) is 116 Å². The molecule has 2 saturated heterocycles. The minimum Gasteiger partial charge on any atom is -0.483 e. The van der Waals surface area contributed by atoms with Crippen molar-refractivity contribution in [1.29, 1.82) is 0 Å². The predicted octanol–water partition coefficient (Wildman–Crippen LogP) is 7.66. The normalized spacial score (nSPS) is 23.0. The lowest BCUT2D eigenvalue weighted by Gasteiger charge is -2.36. The number of benzene rings is 2. The molecule has 8 rings (SSSR count). The number of amides is 2. The Morgan fingerprint density at radius 1 is 0.700 bits per heavy atom. The Bertz CT molecular complexity index is 2400. The highest BCUT2D eigenvalue weighted by molar-refractivity contribution is 5.92. The molecular formula is C46H54N4O10. The summed E-state index contributed by atoms with van der Waals surface area (Å²) in [6, 6.07) is 14.4. The number of aryl methyl sites for hydroxylation is 3. The number of carbonyl (C=O) groups is 4. The minimum atomic E-state index is -0.850. The maximum Gasteiger partial charge on any atom is 0.411 e. The monoisotopic (exact) mass is 822 g/mol. The number of carbonyl (C=O) groups excluding carboxylic acids is 4. The smallest absolute Gasteiger partial charge is 0.411 e. The van der Waals surface area contributed by atoms with E-state index in [-0.39, 0.29) is 19.5 Å². The van der Waals surface area contributed by atoms with E-state index in [2.05, 4.69) is 11.1 Å². The zero-order chi connectivity index (χ0) is 43.4. The van der Waals surface area contributed by atoms with Gasteiger partial charge in [-0.25, -0.2) is 29.1 Å². The van der Waals surface area contributed by atoms with Gasteiger partial charge in [0.2, 0.25) is 0 Å². The molecule has 4 atom stereocenters. The van der Waals surface area contributed by atoms with Crippen LogP contribution in [0.3, 0.4) is 0 Å². The molecule has 0 bridgehead atoms. The molecule has 60 heavy (non-hydrogen) atoms. The first-order chi connectivity index (χ1) is 28.2. The number of hydrogen-bond acceptors (Lipinski definition) is 12. The van der Waals surface area contributed by atoms with Crippen molar-refractivity contribution in [3.63, 3.8) is 0 Å². The number of rotatable bonds is 2. The number of fused-ring (bicyclic) bond motifs is 6. The third-order valence-electron chi connectivity index (χ3n) is 11.1. The van der Waals surface area contributed by atoms with Crippen LogP contribution in [0.25, 0.3) is 27.9 Å². The molecule has 2 unspecified atom stereocenters. The topological polar surface area (TPSA) is 156 Å². The molecule has 318 valence electrons. The summed E-state index contributed by atoms with van der Waals surface area (Å²) in [7, 11) is 2.64. The highest BCUT2D eigenvalue weighted by Gasteiger charge is 2.54. The van der Waals surface area contributed by atoms with Gasteiger partial charge in [0.25, 0.3) is 0 Å². The van der Waals surface area contributed by atoms with E-state index in [4.69, 9.17) is 33.4 Å². The number of nitrogens with zero attached hydrogens (tertiary/aromatic N) is 4. The molecule has 14 heteroatoms. The molecule has 4 aliphatic heterocycles. The van der Waals surface area contributed by atoms with Crippen LogP contribution in [0, 0.1) is 13.8 Å². The number of ether oxygens (including phenoxy) is 6. The number of methoxy groups -OCH3 is 2. The van der Waals surface area contributed by atoms with Gasteiger partial charge in [0.15, 0.2) is 0 Å². The van der Waals surface area contributed by atoms with E-state index in [0.717, 1.165) is 56.5 Å². The van der Waals surface area contributed by atoms with Crippen LogP contribution in [0.1, 0.15) is 83.3 Å². The van der Waals surface area contributed by atoms with E-state index in [0.29, 0.717) is 18.6 Å². The highest BCUT2D eigenvalue weighted by atomic mass is 16.6. The summed E-state index contributed by atoms with van der Waals surface area (Å²) >= 11 is 0. The highest BCUT2D eigenvalue weighted by Crippen LogP contribution is 2.46. The minimum absolute atomic E-state index is 0.184. The molecule has 4 aliphatic rings. The first-order valence-corrected chi connectivity index (χ1v) is 20.2. The van der Waals surface area contributed by atoms with Crippen molar-refractivity contribution in [2.75, 3.05) is 27.3 Å². The zero-order valence-corrected chi connectivity index (χ0v) is 36.0. The van der Waals surface area contributed by atoms with Crippen molar-refractivity contribution in [3.8, 4) is 11.5 Å². The molecule has 0 radical (unpaired) electrons. The Morgan fingerprint density at radius 2 is 1.22 bits per heavy atom. The maximum absolute atomic E-state index is 12.8. The van der Waals surface area contributed by atoms with Crippen LogP contribution in [0.4, 0.5) is 9.59 Å². The molecule has 2 aromatic carbocycles. The third kappa shape index (κ3) is 8.28. The predicted molar refractivity (Wildman–Crippen MR) is 224 cm³/mol. The van der Waals surface area contributed by atoms with Gasteiger partial charge < -0.3 is 28.4 Å². The molecule has 4 aromatic rings. The average molecular weight is 823 g/mol. The first-order valence-electron chi connectivity index (χ1n) is 20.2. The number of aromatic nitrogens is 2. The number of para-hydroxylation sites is 2. The Hall–Kier alpha value is -5.92. The van der Waals surface area contributed by atoms with Crippen LogP contribution in [0.5, 0.6) is 11.5 Å². The Kier molecular flexibility index (Phi) is 11.0. The van der Waals surface area contributed by atoms with E-state index >= 15 is 0 Å². The summed E-state index contributed by atoms with van der Waals surface area (Å²) < 4.78 is 34.0. The van der Waals surface area contributed by atoms with E-state index < -0.39 is 58.6 Å². The van der Waals surface area contributed by atoms with Crippen molar-refractivity contribution in [3.05, 3.63) is 77.1 Å². The lowest BCUT2D eigenvalue weighted by atomic mass is 9.87. The van der Waals surface area contributed by atoms with E-state index in [1.54, 1.807) is 41.5 Å². The van der Waals surface area contributed by atoms with Gasteiger partial charge in [-0.3, -0.25) is 9.80 Å². The zero-order valence-electron chi connectivity index (χ0n) is 36.0. The van der Waals surface area contributed by atoms with Gasteiger partial charge in [-0.1, -0.05) is 42.5 Å². The van der Waals surface area contributed by atoms with Crippen LogP contribution in [0.15, 0.2) is 54.6 Å². The van der Waals surface area contributed by atoms with Gasteiger partial charge in [0, 0.05) is 34.7 Å². The second-order valence-electron chi connectivity index (χ2n) is 18.0. The molecule has 2 spiro atoms. The summed E-state index contributed by atoms with van der Waals surface area (Å²) in [6.45, 7) is 15.1. The van der Waals surface area contributed by atoms with Crippen LogP contribution in [-0.4, -0.2) is 106 Å². The SMILES string of the molecule is COC(=O)[C@@H]1CC2(C=Cc3c(c(C)nc4ccccc34)O2)CN1C(=O)OC(C)(C)C.COC(=O)[C@@H]1CC2(CCc3c(c(C)nc4ccccc34)O2)CN1C(=O)OC(C)(C)C. The van der Waals surface area contributed by atoms with Crippen LogP contribution >= 0.6 is 0 Å². The van der Waals surface area contributed by atoms with Gasteiger partial charge in [0.05, 0.1) is 49.7 Å². The summed E-state index contributed by atoms with van der Waals surface area (Å²) in [5, 5.41) is 2.08. The molecule has 14 nitrogen and oxygen atoms in total. The van der Waals surface area contributed by atoms with Crippen molar-refractivity contribution in [1.82, 2.24) is 19.8 Å². The summed E-state index contributed by atoms with van der Waals surface area (Å²) in [6.07, 6.45) is 4.97. The number of hydrogen-bond donors (Lipinski definition) is 0. The van der Waals surface area contributed by atoms with Gasteiger partial charge in [-0.05, 0) is 86.4 Å². The fourth-order valence-corrected chi connectivity index (χ4v) is 8.53. The fourth-order valence-electron chi connectivity index (χ4n) is 8.53. The Labute approximate surface area is 350 Å². The number of esters is 2. The standard InChI is InChI=1S/C23H28N2O5.C23H26N2O5/c2*1-14-19-16(15-8-6-7-9-17(15)24-14)10-11-23(29-19)12-18(20(26)28-5)25(13-23)21(27)30-22(2,3)4/h6-9,18H,10-13H2,1-5H3;6-11,18H,12-13H2,1-5H3/t2*18-,23?/m00/s1. The molecule has 0 saturated carbocycles. The van der Waals surface area contributed by atoms with Crippen molar-refractivity contribution >= 4 is 52.0 Å². The Balaban J connectivity index is 0.000000181. The molecule has 0 N–H and O–H groups in total. The largest absolute Gasteiger partial charge is 0.483 e. The lowest BCUT2D eigenvalue weighted by molar-refractivity contribution is -0.146. The van der Waals surface area contributed by atoms with Crippen LogP contribution in [-0.2, 0) is 35.0 Å². The van der Waals surface area contributed by atoms with Gasteiger partial charge >= 0.3 is 24.1 Å². The fraction of sp³-hybridized carbons (Fsp3) is 0.478. The average Bonchev–Trinajstić information content (AvgIpc) is 3.75. The summed E-state index contributed by atoms with van der Waals surface area (Å²) in [5.41, 5.74) is 2.65. The molecule has 2 aromatic heterocycles. The molecule has 2 amide bonds. The molecule has 2 fully saturated rings. The van der Waals surface area contributed by atoms with E-state index in [1.165, 1.54) is 24.0 Å². The van der Waals surface area contributed by atoms with Gasteiger partial charge in [-0.15, -0.1) is 0 Å². The quantitative estimate of drug-likeness (QED) is 0.144. The van der Waals surface area contributed by atoms with Crippen LogP contribution in [0.2, 0.25) is 0 Å². The van der Waals surface area contributed by atoms with Crippen molar-refractivity contribution < 1.29 is 47.6 Å². The van der Waals surface area contributed by atoms with Crippen LogP contribution < -0.4 is 9.47 Å². The van der Waals surface area contributed by atoms with E-state index in [1.807, 2.05) is 68.5 Å². The lowest BCUT2D eigenvalue weighted by Crippen LogP contribution is -2.46. The molecule has 6 heterocycles. The maximum atomic E-state index is 12.8. The summed E-state index contributed by atoms with van der Waals surface area (Å²) in [5.74, 6) is 0.481. The van der Waals surface area contributed by atoms with Gasteiger partial charge in [-0.2, -0.15) is 0 Å². The van der Waals surface area contributed by atoms with E-state index in [9.17, 15) is 19.2 Å². The second-order valence-corrected chi connectivity index (χ2v) is 18.0. The summed E-state index contributed by atoms with van der Waals surface area (Å²) in [4.78, 5) is 62.8. The molecule has 0 aliphatic carbocycles.